The lowest BCUT2D eigenvalue weighted by molar-refractivity contribution is -0.176. The first-order chi connectivity index (χ1) is 12.6. The predicted octanol–water partition coefficient (Wildman–Crippen LogP) is 3.02. The first kappa shape index (κ1) is 18.3. The monoisotopic (exact) mass is 362 g/mol. The molecule has 5 nitrogen and oxygen atoms in total. The van der Waals surface area contributed by atoms with Gasteiger partial charge in [-0.05, 0) is 39.0 Å². The zero-order valence-electron chi connectivity index (χ0n) is 16.2. The van der Waals surface area contributed by atoms with Crippen molar-refractivity contribution in [2.24, 2.45) is 11.3 Å². The van der Waals surface area contributed by atoms with E-state index in [1.165, 1.54) is 44.9 Å². The number of nitrogens with one attached hydrogen (secondary N) is 1. The average Bonchev–Trinajstić information content (AvgIpc) is 2.78. The van der Waals surface area contributed by atoms with E-state index in [1.54, 1.807) is 0 Å². The van der Waals surface area contributed by atoms with E-state index in [9.17, 15) is 9.59 Å². The highest BCUT2D eigenvalue weighted by atomic mass is 16.5. The molecule has 1 N–H and O–H groups in total. The summed E-state index contributed by atoms with van der Waals surface area (Å²) < 4.78 is 5.88. The minimum Gasteiger partial charge on any atom is -0.378 e. The molecule has 26 heavy (non-hydrogen) atoms. The molecule has 0 aromatic carbocycles. The van der Waals surface area contributed by atoms with Crippen LogP contribution in [0, 0.1) is 11.3 Å². The van der Waals surface area contributed by atoms with Gasteiger partial charge in [-0.2, -0.15) is 0 Å². The number of amides is 2. The molecular formula is C21H34N2O3. The van der Waals surface area contributed by atoms with Crippen LogP contribution in [0.15, 0.2) is 0 Å². The summed E-state index contributed by atoms with van der Waals surface area (Å²) in [5, 5.41) is 3.30. The molecule has 4 aliphatic rings. The van der Waals surface area contributed by atoms with Gasteiger partial charge in [-0.15, -0.1) is 0 Å². The molecule has 4 fully saturated rings. The van der Waals surface area contributed by atoms with E-state index in [0.29, 0.717) is 25.1 Å². The van der Waals surface area contributed by atoms with Gasteiger partial charge in [0.1, 0.15) is 0 Å². The molecule has 1 spiro atoms. The molecule has 3 atom stereocenters. The Morgan fingerprint density at radius 2 is 1.92 bits per heavy atom. The lowest BCUT2D eigenvalue weighted by Crippen LogP contribution is -2.68. The number of likely N-dealkylation sites (tertiary alicyclic amines) is 1. The fraction of sp³-hybridized carbons (Fsp3) is 0.905. The lowest BCUT2D eigenvalue weighted by atomic mass is 9.51. The van der Waals surface area contributed by atoms with Gasteiger partial charge >= 0.3 is 0 Å². The van der Waals surface area contributed by atoms with Gasteiger partial charge in [0.25, 0.3) is 0 Å². The molecule has 0 unspecified atom stereocenters. The number of nitrogens with zero attached hydrogens (tertiary/aromatic N) is 1. The zero-order chi connectivity index (χ0) is 18.1. The summed E-state index contributed by atoms with van der Waals surface area (Å²) in [5.74, 6) is 0.130. The Morgan fingerprint density at radius 1 is 1.19 bits per heavy atom. The molecule has 4 rings (SSSR count). The Balaban J connectivity index is 1.32. The molecule has 0 aromatic rings. The van der Waals surface area contributed by atoms with Gasteiger partial charge in [0.15, 0.2) is 0 Å². The predicted molar refractivity (Wildman–Crippen MR) is 99.6 cm³/mol. The van der Waals surface area contributed by atoms with Gasteiger partial charge in [0.2, 0.25) is 11.8 Å². The van der Waals surface area contributed by atoms with Crippen molar-refractivity contribution in [2.75, 3.05) is 13.2 Å². The minimum atomic E-state index is -0.158. The zero-order valence-corrected chi connectivity index (χ0v) is 16.2. The van der Waals surface area contributed by atoms with Crippen LogP contribution in [0.25, 0.3) is 0 Å². The fourth-order valence-corrected chi connectivity index (χ4v) is 5.76. The van der Waals surface area contributed by atoms with Crippen molar-refractivity contribution >= 4 is 11.8 Å². The third-order valence-corrected chi connectivity index (χ3v) is 7.55. The number of hydrogen-bond donors (Lipinski definition) is 1. The minimum absolute atomic E-state index is 0.0979. The van der Waals surface area contributed by atoms with E-state index in [4.69, 9.17) is 4.74 Å². The molecule has 2 amide bonds. The second-order valence-corrected chi connectivity index (χ2v) is 8.92. The van der Waals surface area contributed by atoms with E-state index in [-0.39, 0.29) is 29.2 Å². The van der Waals surface area contributed by atoms with E-state index >= 15 is 0 Å². The molecule has 5 heteroatoms. The number of rotatable bonds is 5. The Bertz CT molecular complexity index is 537. The smallest absolute Gasteiger partial charge is 0.225 e. The Morgan fingerprint density at radius 3 is 2.54 bits per heavy atom. The van der Waals surface area contributed by atoms with Crippen LogP contribution in [0.2, 0.25) is 0 Å². The first-order valence-corrected chi connectivity index (χ1v) is 10.9. The molecule has 1 aliphatic heterocycles. The number of hydrogen-bond acceptors (Lipinski definition) is 3. The fourth-order valence-electron chi connectivity index (χ4n) is 5.76. The molecule has 146 valence electrons. The SMILES string of the molecule is CCO[C@@H]1C[C@@H](NC(=O)[C@@H]2CC(=O)N(C3CCCCCC3)C2)C12CCC2. The molecule has 3 saturated carbocycles. The topological polar surface area (TPSA) is 58.6 Å². The van der Waals surface area contributed by atoms with Gasteiger partial charge in [-0.1, -0.05) is 32.1 Å². The van der Waals surface area contributed by atoms with Gasteiger partial charge < -0.3 is 15.0 Å². The third kappa shape index (κ3) is 3.17. The van der Waals surface area contributed by atoms with Crippen LogP contribution in [0.5, 0.6) is 0 Å². The summed E-state index contributed by atoms with van der Waals surface area (Å²) in [5.41, 5.74) is 0.190. The van der Waals surface area contributed by atoms with Crippen LogP contribution in [0.1, 0.15) is 77.6 Å². The highest BCUT2D eigenvalue weighted by Crippen LogP contribution is 2.57. The van der Waals surface area contributed by atoms with E-state index in [2.05, 4.69) is 5.32 Å². The van der Waals surface area contributed by atoms with Crippen LogP contribution in [0.4, 0.5) is 0 Å². The highest BCUT2D eigenvalue weighted by Gasteiger charge is 2.59. The summed E-state index contributed by atoms with van der Waals surface area (Å²) in [4.78, 5) is 27.4. The van der Waals surface area contributed by atoms with Crippen molar-refractivity contribution in [3.05, 3.63) is 0 Å². The molecular weight excluding hydrogens is 328 g/mol. The Labute approximate surface area is 157 Å². The first-order valence-electron chi connectivity index (χ1n) is 10.9. The molecule has 0 radical (unpaired) electrons. The number of ether oxygens (including phenoxy) is 1. The van der Waals surface area contributed by atoms with Gasteiger partial charge in [-0.3, -0.25) is 9.59 Å². The van der Waals surface area contributed by atoms with Crippen LogP contribution in [-0.4, -0.2) is 48.1 Å². The molecule has 0 aromatic heterocycles. The number of carbonyl (C=O) groups excluding carboxylic acids is 2. The average molecular weight is 363 g/mol. The summed E-state index contributed by atoms with van der Waals surface area (Å²) >= 11 is 0. The second kappa shape index (κ2) is 7.49. The largest absolute Gasteiger partial charge is 0.378 e. The van der Waals surface area contributed by atoms with Crippen molar-refractivity contribution in [3.8, 4) is 0 Å². The van der Waals surface area contributed by atoms with Crippen molar-refractivity contribution in [3.63, 3.8) is 0 Å². The van der Waals surface area contributed by atoms with Crippen LogP contribution in [0.3, 0.4) is 0 Å². The summed E-state index contributed by atoms with van der Waals surface area (Å²) in [6.07, 6.45) is 12.5. The van der Waals surface area contributed by atoms with Gasteiger partial charge in [0.05, 0.1) is 12.0 Å². The second-order valence-electron chi connectivity index (χ2n) is 8.92. The molecule has 1 saturated heterocycles. The quantitative estimate of drug-likeness (QED) is 0.765. The standard InChI is InChI=1S/C21H34N2O3/c1-2-26-18-13-17(21(18)10-7-11-21)22-20(25)15-12-19(24)23(14-15)16-8-5-3-4-6-9-16/h15-18H,2-14H2,1H3,(H,22,25)/t15-,17-,18-/m1/s1. The van der Waals surface area contributed by atoms with Crippen LogP contribution in [-0.2, 0) is 14.3 Å². The molecule has 3 aliphatic carbocycles. The maximum atomic E-state index is 12.9. The van der Waals surface area contributed by atoms with Crippen molar-refractivity contribution in [1.29, 1.82) is 0 Å². The number of carbonyl (C=O) groups is 2. The van der Waals surface area contributed by atoms with E-state index in [1.807, 2.05) is 11.8 Å². The normalized spacial score (nSPS) is 34.3. The summed E-state index contributed by atoms with van der Waals surface area (Å²) in [6.45, 7) is 3.43. The lowest BCUT2D eigenvalue weighted by Gasteiger charge is -2.61. The Kier molecular flexibility index (Phi) is 5.27. The Hall–Kier alpha value is -1.10. The van der Waals surface area contributed by atoms with Crippen molar-refractivity contribution in [2.45, 2.75) is 95.7 Å². The van der Waals surface area contributed by atoms with Gasteiger partial charge in [0, 0.05) is 37.1 Å². The van der Waals surface area contributed by atoms with Gasteiger partial charge in [-0.25, -0.2) is 0 Å². The summed E-state index contributed by atoms with van der Waals surface area (Å²) in [7, 11) is 0. The van der Waals surface area contributed by atoms with E-state index in [0.717, 1.165) is 25.9 Å². The van der Waals surface area contributed by atoms with Crippen LogP contribution >= 0.6 is 0 Å². The third-order valence-electron chi connectivity index (χ3n) is 7.55. The maximum absolute atomic E-state index is 12.9. The van der Waals surface area contributed by atoms with E-state index < -0.39 is 0 Å². The highest BCUT2D eigenvalue weighted by molar-refractivity contribution is 5.89. The van der Waals surface area contributed by atoms with Crippen molar-refractivity contribution in [1.82, 2.24) is 10.2 Å². The summed E-state index contributed by atoms with van der Waals surface area (Å²) in [6, 6.07) is 0.620. The maximum Gasteiger partial charge on any atom is 0.225 e. The van der Waals surface area contributed by atoms with Crippen molar-refractivity contribution < 1.29 is 14.3 Å². The molecule has 0 bridgehead atoms. The molecule has 1 heterocycles. The van der Waals surface area contributed by atoms with Crippen LogP contribution < -0.4 is 5.32 Å².